The maximum Gasteiger partial charge on any atom is 0.136 e. The van der Waals surface area contributed by atoms with Gasteiger partial charge in [0.2, 0.25) is 0 Å². The third kappa shape index (κ3) is 4.08. The van der Waals surface area contributed by atoms with Gasteiger partial charge in [0, 0.05) is 27.9 Å². The molecule has 0 fully saturated rings. The topological polar surface area (TPSA) is 48.7 Å². The quantitative estimate of drug-likeness (QED) is 0.495. The molecule has 0 bridgehead atoms. The summed E-state index contributed by atoms with van der Waals surface area (Å²) in [5.41, 5.74) is 5.20. The number of aryl methyl sites for hydroxylation is 2. The van der Waals surface area contributed by atoms with Crippen molar-refractivity contribution in [2.75, 3.05) is 5.32 Å². The molecule has 6 heteroatoms. The first kappa shape index (κ1) is 18.5. The van der Waals surface area contributed by atoms with Gasteiger partial charge in [-0.2, -0.15) is 5.26 Å². The number of hydrogen-bond donors (Lipinski definition) is 1. The minimum Gasteiger partial charge on any atom is -0.360 e. The maximum atomic E-state index is 9.52. The SMILES string of the molecule is Cc1ccc(C)c(NC=C(C#N)c2nc(-c3ccc(Cl)cc3Cl)cs2)c1. The van der Waals surface area contributed by atoms with Crippen LogP contribution in [-0.4, -0.2) is 4.98 Å². The zero-order valence-electron chi connectivity index (χ0n) is 14.2. The van der Waals surface area contributed by atoms with Gasteiger partial charge in [-0.1, -0.05) is 35.3 Å². The average molecular weight is 400 g/mol. The van der Waals surface area contributed by atoms with Crippen molar-refractivity contribution in [3.8, 4) is 17.3 Å². The smallest absolute Gasteiger partial charge is 0.136 e. The van der Waals surface area contributed by atoms with Gasteiger partial charge in [-0.15, -0.1) is 11.3 Å². The molecule has 3 nitrogen and oxygen atoms in total. The summed E-state index contributed by atoms with van der Waals surface area (Å²) >= 11 is 13.6. The van der Waals surface area contributed by atoms with Crippen LogP contribution in [0.25, 0.3) is 16.8 Å². The molecule has 1 N–H and O–H groups in total. The lowest BCUT2D eigenvalue weighted by Gasteiger charge is -2.07. The van der Waals surface area contributed by atoms with E-state index in [4.69, 9.17) is 23.2 Å². The number of rotatable bonds is 4. The second-order valence-corrected chi connectivity index (χ2v) is 7.50. The van der Waals surface area contributed by atoms with Gasteiger partial charge in [-0.3, -0.25) is 0 Å². The maximum absolute atomic E-state index is 9.52. The summed E-state index contributed by atoms with van der Waals surface area (Å²) in [5.74, 6) is 0. The van der Waals surface area contributed by atoms with E-state index < -0.39 is 0 Å². The Hall–Kier alpha value is -2.32. The van der Waals surface area contributed by atoms with E-state index in [2.05, 4.69) is 22.4 Å². The molecule has 3 rings (SSSR count). The molecule has 130 valence electrons. The first-order valence-corrected chi connectivity index (χ1v) is 9.47. The lowest BCUT2D eigenvalue weighted by molar-refractivity contribution is 1.35. The van der Waals surface area contributed by atoms with Crippen LogP contribution < -0.4 is 5.32 Å². The number of nitrogens with zero attached hydrogens (tertiary/aromatic N) is 2. The molecule has 0 aliphatic rings. The minimum absolute atomic E-state index is 0.465. The van der Waals surface area contributed by atoms with Gasteiger partial charge in [0.25, 0.3) is 0 Å². The second kappa shape index (κ2) is 7.92. The number of hydrogen-bond acceptors (Lipinski definition) is 4. The molecule has 0 aliphatic heterocycles. The summed E-state index contributed by atoms with van der Waals surface area (Å²) in [6, 6.07) is 13.6. The Kier molecular flexibility index (Phi) is 5.63. The molecule has 0 atom stereocenters. The molecule has 1 heterocycles. The van der Waals surface area contributed by atoms with E-state index in [1.807, 2.05) is 37.4 Å². The Bertz CT molecular complexity index is 1030. The summed E-state index contributed by atoms with van der Waals surface area (Å²) in [4.78, 5) is 4.55. The van der Waals surface area contributed by atoms with Gasteiger partial charge in [0.1, 0.15) is 16.6 Å². The number of aromatic nitrogens is 1. The lowest BCUT2D eigenvalue weighted by Crippen LogP contribution is -1.94. The van der Waals surface area contributed by atoms with Crippen molar-refractivity contribution < 1.29 is 0 Å². The number of benzene rings is 2. The molecule has 0 saturated heterocycles. The number of allylic oxidation sites excluding steroid dienone is 1. The van der Waals surface area contributed by atoms with Crippen LogP contribution in [0.1, 0.15) is 16.1 Å². The van der Waals surface area contributed by atoms with Crippen molar-refractivity contribution in [3.05, 3.63) is 74.2 Å². The van der Waals surface area contributed by atoms with Crippen molar-refractivity contribution in [1.82, 2.24) is 4.98 Å². The fraction of sp³-hybridized carbons (Fsp3) is 0.100. The summed E-state index contributed by atoms with van der Waals surface area (Å²) in [7, 11) is 0. The molecule has 0 amide bonds. The Balaban J connectivity index is 1.88. The molecular formula is C20H15Cl2N3S. The van der Waals surface area contributed by atoms with E-state index in [0.717, 1.165) is 28.1 Å². The van der Waals surface area contributed by atoms with Crippen molar-refractivity contribution >= 4 is 45.8 Å². The van der Waals surface area contributed by atoms with Gasteiger partial charge >= 0.3 is 0 Å². The Morgan fingerprint density at radius 1 is 1.19 bits per heavy atom. The molecule has 26 heavy (non-hydrogen) atoms. The van der Waals surface area contributed by atoms with Crippen LogP contribution >= 0.6 is 34.5 Å². The number of halogens is 2. The summed E-state index contributed by atoms with van der Waals surface area (Å²) in [6.45, 7) is 4.05. The highest BCUT2D eigenvalue weighted by Crippen LogP contribution is 2.32. The van der Waals surface area contributed by atoms with Gasteiger partial charge in [-0.05, 0) is 49.2 Å². The highest BCUT2D eigenvalue weighted by molar-refractivity contribution is 7.11. The standard InChI is InChI=1S/C20H15Cl2N3S/c1-12-3-4-13(2)18(7-12)24-10-14(9-23)20-25-19(11-26-20)16-6-5-15(21)8-17(16)22/h3-8,10-11,24H,1-2H3. The number of anilines is 1. The fourth-order valence-electron chi connectivity index (χ4n) is 2.40. The minimum atomic E-state index is 0.465. The normalized spacial score (nSPS) is 11.3. The molecule has 0 spiro atoms. The first-order valence-electron chi connectivity index (χ1n) is 7.83. The van der Waals surface area contributed by atoms with Gasteiger partial charge in [0.05, 0.1) is 10.7 Å². The third-order valence-electron chi connectivity index (χ3n) is 3.83. The Morgan fingerprint density at radius 2 is 2.00 bits per heavy atom. The van der Waals surface area contributed by atoms with Gasteiger partial charge < -0.3 is 5.32 Å². The van der Waals surface area contributed by atoms with E-state index in [0.29, 0.717) is 20.6 Å². The van der Waals surface area contributed by atoms with Gasteiger partial charge in [0.15, 0.2) is 0 Å². The molecule has 0 unspecified atom stereocenters. The number of nitrogens with one attached hydrogen (secondary N) is 1. The van der Waals surface area contributed by atoms with Crippen molar-refractivity contribution in [2.45, 2.75) is 13.8 Å². The Morgan fingerprint density at radius 3 is 2.73 bits per heavy atom. The fourth-order valence-corrected chi connectivity index (χ4v) is 3.69. The summed E-state index contributed by atoms with van der Waals surface area (Å²) in [6.07, 6.45) is 1.69. The van der Waals surface area contributed by atoms with Gasteiger partial charge in [-0.25, -0.2) is 4.98 Å². The largest absolute Gasteiger partial charge is 0.360 e. The van der Waals surface area contributed by atoms with E-state index in [9.17, 15) is 5.26 Å². The highest BCUT2D eigenvalue weighted by Gasteiger charge is 2.12. The van der Waals surface area contributed by atoms with Crippen LogP contribution in [0.2, 0.25) is 10.0 Å². The van der Waals surface area contributed by atoms with Crippen molar-refractivity contribution in [1.29, 1.82) is 5.26 Å². The summed E-state index contributed by atoms with van der Waals surface area (Å²) in [5, 5.41) is 16.3. The van der Waals surface area contributed by atoms with Crippen molar-refractivity contribution in [3.63, 3.8) is 0 Å². The van der Waals surface area contributed by atoms with E-state index in [1.54, 1.807) is 18.3 Å². The molecule has 0 radical (unpaired) electrons. The number of nitriles is 1. The molecule has 1 aromatic heterocycles. The molecule has 0 saturated carbocycles. The Labute approximate surface area is 166 Å². The zero-order valence-corrected chi connectivity index (χ0v) is 16.5. The molecule has 3 aromatic rings. The van der Waals surface area contributed by atoms with E-state index in [-0.39, 0.29) is 0 Å². The van der Waals surface area contributed by atoms with Crippen LogP contribution in [-0.2, 0) is 0 Å². The van der Waals surface area contributed by atoms with Crippen LogP contribution in [0.4, 0.5) is 5.69 Å². The van der Waals surface area contributed by atoms with Crippen molar-refractivity contribution in [2.24, 2.45) is 0 Å². The predicted octanol–water partition coefficient (Wildman–Crippen LogP) is 6.71. The van der Waals surface area contributed by atoms with Crippen LogP contribution in [0.5, 0.6) is 0 Å². The number of thiazole rings is 1. The van der Waals surface area contributed by atoms with Crippen LogP contribution in [0.3, 0.4) is 0 Å². The lowest BCUT2D eigenvalue weighted by atomic mass is 10.1. The monoisotopic (exact) mass is 399 g/mol. The molecule has 2 aromatic carbocycles. The van der Waals surface area contributed by atoms with E-state index >= 15 is 0 Å². The van der Waals surface area contributed by atoms with Crippen LogP contribution in [0.15, 0.2) is 48.0 Å². The highest BCUT2D eigenvalue weighted by atomic mass is 35.5. The zero-order chi connectivity index (χ0) is 18.7. The average Bonchev–Trinajstić information content (AvgIpc) is 3.08. The van der Waals surface area contributed by atoms with E-state index in [1.165, 1.54) is 11.3 Å². The van der Waals surface area contributed by atoms with Crippen LogP contribution in [0, 0.1) is 25.2 Å². The second-order valence-electron chi connectivity index (χ2n) is 5.79. The molecule has 0 aliphatic carbocycles. The first-order chi connectivity index (χ1) is 12.5. The molecular weight excluding hydrogens is 385 g/mol. The summed E-state index contributed by atoms with van der Waals surface area (Å²) < 4.78 is 0. The third-order valence-corrected chi connectivity index (χ3v) is 5.25. The predicted molar refractivity (Wildman–Crippen MR) is 111 cm³/mol.